The summed E-state index contributed by atoms with van der Waals surface area (Å²) in [6, 6.07) is 14.4. The van der Waals surface area contributed by atoms with Crippen molar-refractivity contribution in [3.63, 3.8) is 0 Å². The van der Waals surface area contributed by atoms with Crippen LogP contribution in [0.4, 0.5) is 19.0 Å². The first kappa shape index (κ1) is 21.1. The van der Waals surface area contributed by atoms with Gasteiger partial charge >= 0.3 is 6.18 Å². The van der Waals surface area contributed by atoms with Gasteiger partial charge in [-0.3, -0.25) is 9.36 Å². The highest BCUT2D eigenvalue weighted by atomic mass is 127. The summed E-state index contributed by atoms with van der Waals surface area (Å²) in [4.78, 5) is 20.2. The molecule has 0 aliphatic heterocycles. The van der Waals surface area contributed by atoms with Gasteiger partial charge in [0.05, 0.1) is 30.0 Å². The molecule has 0 radical (unpaired) electrons. The second-order valence-corrected chi connectivity index (χ2v) is 7.73. The number of anilines is 1. The van der Waals surface area contributed by atoms with Gasteiger partial charge in [-0.15, -0.1) is 0 Å². The van der Waals surface area contributed by atoms with Crippen molar-refractivity contribution in [1.82, 2.24) is 14.5 Å². The van der Waals surface area contributed by atoms with Crippen molar-refractivity contribution in [3.05, 3.63) is 75.8 Å². The summed E-state index contributed by atoms with van der Waals surface area (Å²) < 4.78 is 47.9. The maximum Gasteiger partial charge on any atom is 0.450 e. The second kappa shape index (κ2) is 8.17. The molecule has 2 heterocycles. The molecule has 0 bridgehead atoms. The minimum Gasteiger partial charge on any atom is -0.497 e. The normalized spacial score (nSPS) is 11.5. The summed E-state index contributed by atoms with van der Waals surface area (Å²) in [7, 11) is 1.43. The van der Waals surface area contributed by atoms with Crippen LogP contribution in [0, 0.1) is 3.57 Å². The van der Waals surface area contributed by atoms with Crippen LogP contribution < -0.4 is 10.1 Å². The molecule has 2 aromatic heterocycles. The van der Waals surface area contributed by atoms with E-state index in [0.29, 0.717) is 11.3 Å². The molecule has 158 valence electrons. The van der Waals surface area contributed by atoms with Crippen LogP contribution in [-0.2, 0) is 6.18 Å². The number of halogens is 4. The first-order valence-corrected chi connectivity index (χ1v) is 10.0. The van der Waals surface area contributed by atoms with E-state index in [1.54, 1.807) is 24.3 Å². The molecule has 4 aromatic rings. The Kier molecular flexibility index (Phi) is 5.56. The smallest absolute Gasteiger partial charge is 0.450 e. The summed E-state index contributed by atoms with van der Waals surface area (Å²) in [5.41, 5.74) is 1.01. The zero-order chi connectivity index (χ0) is 22.2. The zero-order valence-corrected chi connectivity index (χ0v) is 18.1. The van der Waals surface area contributed by atoms with Gasteiger partial charge in [-0.25, -0.2) is 9.97 Å². The van der Waals surface area contributed by atoms with Crippen LogP contribution in [0.3, 0.4) is 0 Å². The third kappa shape index (κ3) is 4.33. The van der Waals surface area contributed by atoms with Crippen molar-refractivity contribution in [2.24, 2.45) is 0 Å². The summed E-state index contributed by atoms with van der Waals surface area (Å²) >= 11 is 2.10. The number of fused-ring (bicyclic) bond motifs is 1. The fourth-order valence-electron chi connectivity index (χ4n) is 3.05. The van der Waals surface area contributed by atoms with E-state index in [2.05, 4.69) is 37.9 Å². The molecule has 0 atom stereocenters. The number of ether oxygens (including phenoxy) is 1. The lowest BCUT2D eigenvalue weighted by molar-refractivity contribution is -0.145. The first-order valence-electron chi connectivity index (χ1n) is 8.93. The fourth-order valence-corrected chi connectivity index (χ4v) is 3.59. The van der Waals surface area contributed by atoms with E-state index in [-0.39, 0.29) is 28.4 Å². The molecule has 1 amide bonds. The molecule has 0 saturated heterocycles. The number of carbonyl (C=O) groups is 1. The number of amides is 1. The van der Waals surface area contributed by atoms with Gasteiger partial charge in [0.2, 0.25) is 5.82 Å². The highest BCUT2D eigenvalue weighted by Crippen LogP contribution is 2.34. The number of rotatable bonds is 4. The highest BCUT2D eigenvalue weighted by molar-refractivity contribution is 14.1. The molecule has 6 nitrogen and oxygen atoms in total. The Hall–Kier alpha value is -3.15. The number of nitrogens with zero attached hydrogens (tertiary/aromatic N) is 3. The van der Waals surface area contributed by atoms with Crippen molar-refractivity contribution in [2.45, 2.75) is 6.18 Å². The number of imidazole rings is 1. The number of nitrogens with one attached hydrogen (secondary N) is 1. The van der Waals surface area contributed by atoms with E-state index in [1.165, 1.54) is 37.6 Å². The Balaban J connectivity index is 1.69. The Bertz CT molecular complexity index is 1270. The van der Waals surface area contributed by atoms with Crippen LogP contribution in [0.1, 0.15) is 16.2 Å². The molecule has 10 heteroatoms. The quantitative estimate of drug-likeness (QED) is 0.358. The minimum absolute atomic E-state index is 0.141. The van der Waals surface area contributed by atoms with E-state index in [9.17, 15) is 18.0 Å². The number of hydrogen-bond acceptors (Lipinski definition) is 4. The maximum absolute atomic E-state index is 13.6. The van der Waals surface area contributed by atoms with Crippen LogP contribution in [-0.4, -0.2) is 27.6 Å². The van der Waals surface area contributed by atoms with Crippen LogP contribution in [0.15, 0.2) is 60.8 Å². The Morgan fingerprint density at radius 2 is 1.94 bits per heavy atom. The molecule has 0 spiro atoms. The number of methoxy groups -OCH3 is 1. The largest absolute Gasteiger partial charge is 0.497 e. The van der Waals surface area contributed by atoms with Gasteiger partial charge in [-0.05, 0) is 65.1 Å². The Morgan fingerprint density at radius 3 is 2.58 bits per heavy atom. The average Bonchev–Trinajstić information content (AvgIpc) is 3.13. The van der Waals surface area contributed by atoms with Gasteiger partial charge in [0.25, 0.3) is 5.91 Å². The van der Waals surface area contributed by atoms with E-state index >= 15 is 0 Å². The summed E-state index contributed by atoms with van der Waals surface area (Å²) in [6.45, 7) is 0. The van der Waals surface area contributed by atoms with Gasteiger partial charge in [0.1, 0.15) is 11.6 Å². The lowest BCUT2D eigenvalue weighted by Crippen LogP contribution is -2.15. The predicted octanol–water partition coefficient (Wildman–Crippen LogP) is 5.30. The molecule has 31 heavy (non-hydrogen) atoms. The molecule has 2 aromatic carbocycles. The number of carbonyl (C=O) groups excluding carboxylic acids is 1. The average molecular weight is 538 g/mol. The lowest BCUT2D eigenvalue weighted by atomic mass is 10.2. The molecule has 0 unspecified atom stereocenters. The third-order valence-corrected chi connectivity index (χ3v) is 5.12. The van der Waals surface area contributed by atoms with E-state index in [1.807, 2.05) is 6.07 Å². The van der Waals surface area contributed by atoms with Gasteiger partial charge in [0, 0.05) is 15.2 Å². The lowest BCUT2D eigenvalue weighted by Gasteiger charge is -2.12. The SMILES string of the molecule is COc1ccc2c(c1)nc(C(F)(F)F)n2-c1ccc(NC(=O)c2cccc(I)c2)nc1. The number of aromatic nitrogens is 3. The molecule has 0 aliphatic rings. The second-order valence-electron chi connectivity index (χ2n) is 6.49. The van der Waals surface area contributed by atoms with Crippen LogP contribution in [0.25, 0.3) is 16.7 Å². The van der Waals surface area contributed by atoms with Gasteiger partial charge < -0.3 is 10.1 Å². The predicted molar refractivity (Wildman–Crippen MR) is 118 cm³/mol. The number of alkyl halides is 3. The van der Waals surface area contributed by atoms with Crippen molar-refractivity contribution < 1.29 is 22.7 Å². The fraction of sp³-hybridized carbons (Fsp3) is 0.0952. The zero-order valence-electron chi connectivity index (χ0n) is 15.9. The first-order chi connectivity index (χ1) is 14.8. The van der Waals surface area contributed by atoms with Crippen molar-refractivity contribution >= 4 is 45.3 Å². The van der Waals surface area contributed by atoms with E-state index in [4.69, 9.17) is 4.74 Å². The van der Waals surface area contributed by atoms with Crippen LogP contribution in [0.2, 0.25) is 0 Å². The molecule has 0 saturated carbocycles. The maximum atomic E-state index is 13.6. The number of pyridine rings is 1. The van der Waals surface area contributed by atoms with Crippen molar-refractivity contribution in [1.29, 1.82) is 0 Å². The molecular weight excluding hydrogens is 524 g/mol. The number of benzene rings is 2. The molecular formula is C21H14F3IN4O2. The van der Waals surface area contributed by atoms with Crippen LogP contribution >= 0.6 is 22.6 Å². The molecule has 0 fully saturated rings. The monoisotopic (exact) mass is 538 g/mol. The third-order valence-electron chi connectivity index (χ3n) is 4.45. The van der Waals surface area contributed by atoms with Crippen molar-refractivity contribution in [2.75, 3.05) is 12.4 Å². The van der Waals surface area contributed by atoms with E-state index in [0.717, 1.165) is 8.14 Å². The van der Waals surface area contributed by atoms with Crippen molar-refractivity contribution in [3.8, 4) is 11.4 Å². The topological polar surface area (TPSA) is 69.0 Å². The Labute approximate surface area is 188 Å². The van der Waals surface area contributed by atoms with Gasteiger partial charge in [-0.2, -0.15) is 13.2 Å². The van der Waals surface area contributed by atoms with Gasteiger partial charge in [-0.1, -0.05) is 6.07 Å². The molecule has 0 aliphatic carbocycles. The summed E-state index contributed by atoms with van der Waals surface area (Å²) in [6.07, 6.45) is -3.42. The Morgan fingerprint density at radius 1 is 1.13 bits per heavy atom. The molecule has 1 N–H and O–H groups in total. The molecule has 4 rings (SSSR count). The summed E-state index contributed by atoms with van der Waals surface area (Å²) in [5.74, 6) is -0.826. The van der Waals surface area contributed by atoms with Crippen LogP contribution in [0.5, 0.6) is 5.75 Å². The summed E-state index contributed by atoms with van der Waals surface area (Å²) in [5, 5.41) is 2.64. The minimum atomic E-state index is -4.68. The van der Waals surface area contributed by atoms with Gasteiger partial charge in [0.15, 0.2) is 0 Å². The standard InChI is InChI=1S/C21H14F3IN4O2/c1-31-15-6-7-17-16(10-15)27-20(21(22,23)24)29(17)14-5-8-18(26-11-14)28-19(30)12-3-2-4-13(25)9-12/h2-11H,1H3,(H,26,28,30). The van der Waals surface area contributed by atoms with E-state index < -0.39 is 12.0 Å². The number of hydrogen-bond donors (Lipinski definition) is 1. The highest BCUT2D eigenvalue weighted by Gasteiger charge is 2.38.